The van der Waals surface area contributed by atoms with Crippen molar-refractivity contribution in [1.82, 2.24) is 9.21 Å². The van der Waals surface area contributed by atoms with Crippen molar-refractivity contribution in [2.75, 3.05) is 26.7 Å². The lowest BCUT2D eigenvalue weighted by Gasteiger charge is -2.39. The smallest absolute Gasteiger partial charge is 0.243 e. The minimum absolute atomic E-state index is 0.0133. The summed E-state index contributed by atoms with van der Waals surface area (Å²) in [5.74, 6) is -0.631. The second-order valence-corrected chi connectivity index (χ2v) is 8.18. The highest BCUT2D eigenvalue weighted by Crippen LogP contribution is 2.31. The molecule has 24 heavy (non-hydrogen) atoms. The average molecular weight is 369 g/mol. The third-order valence-electron chi connectivity index (χ3n) is 4.22. The third kappa shape index (κ3) is 3.32. The van der Waals surface area contributed by atoms with Crippen LogP contribution in [0, 0.1) is 5.82 Å². The van der Waals surface area contributed by atoms with Crippen molar-refractivity contribution in [3.05, 3.63) is 64.9 Å². The zero-order valence-electron chi connectivity index (χ0n) is 13.2. The average Bonchev–Trinajstić information content (AvgIpc) is 2.57. The van der Waals surface area contributed by atoms with E-state index in [1.807, 2.05) is 37.4 Å². The molecule has 1 aliphatic rings. The summed E-state index contributed by atoms with van der Waals surface area (Å²) in [6, 6.07) is 12.8. The highest BCUT2D eigenvalue weighted by atomic mass is 35.5. The molecule has 1 aliphatic heterocycles. The lowest BCUT2D eigenvalue weighted by atomic mass is 10.1. The van der Waals surface area contributed by atoms with Gasteiger partial charge in [-0.15, -0.1) is 0 Å². The zero-order chi connectivity index (χ0) is 17.3. The number of nitrogens with zero attached hydrogens (tertiary/aromatic N) is 2. The Morgan fingerprint density at radius 2 is 1.83 bits per heavy atom. The number of hydrogen-bond donors (Lipinski definition) is 0. The van der Waals surface area contributed by atoms with Crippen LogP contribution in [0.5, 0.6) is 0 Å². The van der Waals surface area contributed by atoms with E-state index >= 15 is 0 Å². The van der Waals surface area contributed by atoms with Crippen molar-refractivity contribution in [3.8, 4) is 0 Å². The van der Waals surface area contributed by atoms with Crippen LogP contribution < -0.4 is 0 Å². The maximum absolute atomic E-state index is 13.4. The first-order chi connectivity index (χ1) is 11.4. The summed E-state index contributed by atoms with van der Waals surface area (Å²) in [5, 5.41) is -0.193. The van der Waals surface area contributed by atoms with Crippen LogP contribution in [0.25, 0.3) is 0 Å². The van der Waals surface area contributed by atoms with Crippen molar-refractivity contribution in [2.45, 2.75) is 10.9 Å². The molecule has 7 heteroatoms. The fourth-order valence-electron chi connectivity index (χ4n) is 2.91. The summed E-state index contributed by atoms with van der Waals surface area (Å²) in [5.41, 5.74) is 0.931. The van der Waals surface area contributed by atoms with Crippen molar-refractivity contribution in [2.24, 2.45) is 0 Å². The quantitative estimate of drug-likeness (QED) is 0.835. The van der Waals surface area contributed by atoms with Gasteiger partial charge >= 0.3 is 0 Å². The van der Waals surface area contributed by atoms with Gasteiger partial charge in [-0.1, -0.05) is 41.9 Å². The summed E-state index contributed by atoms with van der Waals surface area (Å²) in [4.78, 5) is 2.11. The predicted molar refractivity (Wildman–Crippen MR) is 92.0 cm³/mol. The van der Waals surface area contributed by atoms with Crippen LogP contribution in [-0.2, 0) is 10.0 Å². The standard InChI is InChI=1S/C17H18ClFN2O2S/c1-20-9-10-21(17(12-20)13-5-3-2-4-6-13)24(22,23)14-7-8-16(19)15(18)11-14/h2-8,11,17H,9-10,12H2,1H3/t17-/m1/s1. The van der Waals surface area contributed by atoms with Crippen molar-refractivity contribution >= 4 is 21.6 Å². The minimum atomic E-state index is -3.77. The van der Waals surface area contributed by atoms with Gasteiger partial charge in [-0.2, -0.15) is 4.31 Å². The van der Waals surface area contributed by atoms with Gasteiger partial charge in [0, 0.05) is 19.6 Å². The molecule has 128 valence electrons. The van der Waals surface area contributed by atoms with E-state index in [4.69, 9.17) is 11.6 Å². The Balaban J connectivity index is 2.02. The van der Waals surface area contributed by atoms with Gasteiger partial charge in [0.15, 0.2) is 0 Å². The molecule has 0 bridgehead atoms. The first-order valence-corrected chi connectivity index (χ1v) is 9.42. The molecule has 1 heterocycles. The molecular weight excluding hydrogens is 351 g/mol. The number of sulfonamides is 1. The monoisotopic (exact) mass is 368 g/mol. The van der Waals surface area contributed by atoms with Gasteiger partial charge in [-0.3, -0.25) is 0 Å². The van der Waals surface area contributed by atoms with Crippen LogP contribution in [0.15, 0.2) is 53.4 Å². The van der Waals surface area contributed by atoms with Crippen LogP contribution in [-0.4, -0.2) is 44.3 Å². The van der Waals surface area contributed by atoms with E-state index in [1.54, 1.807) is 0 Å². The molecule has 0 aliphatic carbocycles. The second kappa shape index (κ2) is 6.80. The number of halogens is 2. The molecule has 0 saturated carbocycles. The molecule has 0 spiro atoms. The number of hydrogen-bond acceptors (Lipinski definition) is 3. The van der Waals surface area contributed by atoms with Gasteiger partial charge in [0.25, 0.3) is 0 Å². The van der Waals surface area contributed by atoms with E-state index in [0.717, 1.165) is 11.6 Å². The molecule has 4 nitrogen and oxygen atoms in total. The molecule has 0 N–H and O–H groups in total. The number of likely N-dealkylation sites (N-methyl/N-ethyl adjacent to an activating group) is 1. The summed E-state index contributed by atoms with van der Waals surface area (Å²) >= 11 is 5.77. The van der Waals surface area contributed by atoms with Crippen LogP contribution >= 0.6 is 11.6 Å². The van der Waals surface area contributed by atoms with Crippen molar-refractivity contribution < 1.29 is 12.8 Å². The predicted octanol–water partition coefficient (Wildman–Crippen LogP) is 3.16. The van der Waals surface area contributed by atoms with Crippen molar-refractivity contribution in [3.63, 3.8) is 0 Å². The number of benzene rings is 2. The largest absolute Gasteiger partial charge is 0.303 e. The Morgan fingerprint density at radius 3 is 2.50 bits per heavy atom. The minimum Gasteiger partial charge on any atom is -0.303 e. The molecule has 3 rings (SSSR count). The van der Waals surface area contributed by atoms with Crippen LogP contribution in [0.3, 0.4) is 0 Å². The normalized spacial score (nSPS) is 20.2. The van der Waals surface area contributed by atoms with Gasteiger partial charge in [-0.25, -0.2) is 12.8 Å². The zero-order valence-corrected chi connectivity index (χ0v) is 14.8. The molecule has 0 aromatic heterocycles. The lowest BCUT2D eigenvalue weighted by molar-refractivity contribution is 0.160. The fourth-order valence-corrected chi connectivity index (χ4v) is 4.78. The number of piperazine rings is 1. The fraction of sp³-hybridized carbons (Fsp3) is 0.294. The molecule has 0 radical (unpaired) electrons. The third-order valence-corrected chi connectivity index (χ3v) is 6.41. The van der Waals surface area contributed by atoms with E-state index in [0.29, 0.717) is 19.6 Å². The van der Waals surface area contributed by atoms with Gasteiger partial charge in [0.1, 0.15) is 5.82 Å². The molecule has 2 aromatic carbocycles. The summed E-state index contributed by atoms with van der Waals surface area (Å²) < 4.78 is 41.0. The lowest BCUT2D eigenvalue weighted by Crippen LogP contribution is -2.49. The maximum atomic E-state index is 13.4. The highest BCUT2D eigenvalue weighted by Gasteiger charge is 2.36. The summed E-state index contributed by atoms with van der Waals surface area (Å²) in [7, 11) is -1.80. The Bertz CT molecular complexity index is 830. The Hall–Kier alpha value is -1.47. The maximum Gasteiger partial charge on any atom is 0.243 e. The topological polar surface area (TPSA) is 40.6 Å². The van der Waals surface area contributed by atoms with E-state index in [1.165, 1.54) is 16.4 Å². The molecule has 0 amide bonds. The molecule has 2 aromatic rings. The SMILES string of the molecule is CN1CCN(S(=O)(=O)c2ccc(F)c(Cl)c2)[C@@H](c2ccccc2)C1. The second-order valence-electron chi connectivity index (χ2n) is 5.88. The molecular formula is C17H18ClFN2O2S. The molecule has 1 saturated heterocycles. The highest BCUT2D eigenvalue weighted by molar-refractivity contribution is 7.89. The van der Waals surface area contributed by atoms with Gasteiger partial charge in [-0.05, 0) is 30.8 Å². The van der Waals surface area contributed by atoms with Gasteiger partial charge in [0.2, 0.25) is 10.0 Å². The van der Waals surface area contributed by atoms with Crippen LogP contribution in [0.1, 0.15) is 11.6 Å². The van der Waals surface area contributed by atoms with E-state index in [-0.39, 0.29) is 16.0 Å². The summed E-state index contributed by atoms with van der Waals surface area (Å²) in [6.45, 7) is 1.60. The first kappa shape index (κ1) is 17.4. The molecule has 1 fully saturated rings. The van der Waals surface area contributed by atoms with E-state index < -0.39 is 15.8 Å². The van der Waals surface area contributed by atoms with E-state index in [9.17, 15) is 12.8 Å². The van der Waals surface area contributed by atoms with Gasteiger partial charge in [0.05, 0.1) is 16.0 Å². The van der Waals surface area contributed by atoms with Gasteiger partial charge < -0.3 is 4.90 Å². The van der Waals surface area contributed by atoms with E-state index in [2.05, 4.69) is 4.90 Å². The van der Waals surface area contributed by atoms with Crippen LogP contribution in [0.2, 0.25) is 5.02 Å². The summed E-state index contributed by atoms with van der Waals surface area (Å²) in [6.07, 6.45) is 0. The first-order valence-electron chi connectivity index (χ1n) is 7.60. The van der Waals surface area contributed by atoms with Crippen LogP contribution in [0.4, 0.5) is 4.39 Å². The molecule has 1 atom stereocenters. The van der Waals surface area contributed by atoms with Crippen molar-refractivity contribution in [1.29, 1.82) is 0 Å². The number of rotatable bonds is 3. The Kier molecular flexibility index (Phi) is 4.92. The Morgan fingerprint density at radius 1 is 1.12 bits per heavy atom. The Labute approximate surface area is 146 Å². The molecule has 0 unspecified atom stereocenters.